The summed E-state index contributed by atoms with van der Waals surface area (Å²) in [6, 6.07) is 0. The van der Waals surface area contributed by atoms with E-state index in [9.17, 15) is 9.32 Å². The number of hydrogen-bond acceptors (Lipinski definition) is 2. The van der Waals surface area contributed by atoms with E-state index in [0.717, 1.165) is 0 Å². The van der Waals surface area contributed by atoms with Crippen molar-refractivity contribution in [3.05, 3.63) is 0 Å². The Morgan fingerprint density at radius 2 is 2.25 bits per heavy atom. The van der Waals surface area contributed by atoms with Gasteiger partial charge in [-0.3, -0.25) is 4.94 Å². The number of rotatable bonds is 2. The summed E-state index contributed by atoms with van der Waals surface area (Å²) in [6.45, 7) is 1.77. The number of carbonyl (C=O) groups excluding carboxylic acids is 1. The Morgan fingerprint density at radius 1 is 1.75 bits per heavy atom. The third kappa shape index (κ3) is 6.66. The van der Waals surface area contributed by atoms with Crippen LogP contribution in [0, 0.1) is 0 Å². The summed E-state index contributed by atoms with van der Waals surface area (Å²) in [4.78, 5) is 12.7. The molecular weight excluding hydrogens is 139 g/mol. The monoisotopic (exact) mass is 148 g/mol. The Balaban J connectivity index is 0. The van der Waals surface area contributed by atoms with Crippen LogP contribution in [-0.4, -0.2) is 43.7 Å². The van der Waals surface area contributed by atoms with Gasteiger partial charge in [0.1, 0.15) is 0 Å². The molecule has 0 fully saturated rings. The molecule has 0 aromatic rings. The second-order valence-corrected chi connectivity index (χ2v) is 1.20. The molecule has 46 valence electrons. The van der Waals surface area contributed by atoms with E-state index in [4.69, 9.17) is 0 Å². The standard InChI is InChI=1S/C4H7FO2.Ca.2H/c1-2-3-4(6)7-5;;;/h2-3H2,1H3;;;. The quantitative estimate of drug-likeness (QED) is 0.526. The van der Waals surface area contributed by atoms with Crippen molar-refractivity contribution >= 4 is 43.7 Å². The zero-order chi connectivity index (χ0) is 5.70. The summed E-state index contributed by atoms with van der Waals surface area (Å²) in [5, 5.41) is 0. The Hall–Kier alpha value is 0.660. The molecule has 0 bridgehead atoms. The van der Waals surface area contributed by atoms with Gasteiger partial charge in [0.15, 0.2) is 0 Å². The van der Waals surface area contributed by atoms with Gasteiger partial charge >= 0.3 is 43.7 Å². The molecule has 0 aliphatic heterocycles. The van der Waals surface area contributed by atoms with Gasteiger partial charge < -0.3 is 0 Å². The molecule has 0 aromatic carbocycles. The van der Waals surface area contributed by atoms with Crippen LogP contribution in [0.4, 0.5) is 4.53 Å². The van der Waals surface area contributed by atoms with Gasteiger partial charge in [-0.1, -0.05) is 6.92 Å². The van der Waals surface area contributed by atoms with Crippen LogP contribution in [0.1, 0.15) is 19.8 Å². The fourth-order valence-corrected chi connectivity index (χ4v) is 0.243. The first-order valence-corrected chi connectivity index (χ1v) is 2.12. The van der Waals surface area contributed by atoms with Crippen LogP contribution in [0.25, 0.3) is 0 Å². The zero-order valence-corrected chi connectivity index (χ0v) is 4.11. The molecule has 8 heavy (non-hydrogen) atoms. The summed E-state index contributed by atoms with van der Waals surface area (Å²) in [5.41, 5.74) is 0. The fraction of sp³-hybridized carbons (Fsp3) is 0.750. The maximum absolute atomic E-state index is 10.7. The van der Waals surface area contributed by atoms with Crippen molar-refractivity contribution in [1.29, 1.82) is 0 Å². The van der Waals surface area contributed by atoms with Crippen molar-refractivity contribution in [3.63, 3.8) is 0 Å². The summed E-state index contributed by atoms with van der Waals surface area (Å²) in [5.74, 6) is -0.789. The Kier molecular flexibility index (Phi) is 11.0. The molecule has 0 saturated heterocycles. The van der Waals surface area contributed by atoms with E-state index in [1.165, 1.54) is 0 Å². The molecule has 0 spiro atoms. The third-order valence-electron chi connectivity index (χ3n) is 0.540. The first-order chi connectivity index (χ1) is 3.31. The normalized spacial score (nSPS) is 7.25. The molecule has 0 heterocycles. The van der Waals surface area contributed by atoms with Crippen molar-refractivity contribution in [3.8, 4) is 0 Å². The van der Waals surface area contributed by atoms with Gasteiger partial charge in [-0.15, -0.1) is 0 Å². The molecule has 0 aliphatic rings. The van der Waals surface area contributed by atoms with Gasteiger partial charge in [0.05, 0.1) is 0 Å². The summed E-state index contributed by atoms with van der Waals surface area (Å²) in [6.07, 6.45) is 0.791. The van der Waals surface area contributed by atoms with Gasteiger partial charge in [-0.05, 0) is 6.42 Å². The molecule has 0 rings (SSSR count). The topological polar surface area (TPSA) is 26.3 Å². The molecule has 0 N–H and O–H groups in total. The Bertz CT molecular complexity index is 67.1. The molecule has 4 heteroatoms. The molecular formula is C4H9CaFO2. The van der Waals surface area contributed by atoms with E-state index in [1.807, 2.05) is 0 Å². The van der Waals surface area contributed by atoms with Crippen LogP contribution in [0.5, 0.6) is 0 Å². The second kappa shape index (κ2) is 7.66. The van der Waals surface area contributed by atoms with E-state index >= 15 is 0 Å². The third-order valence-corrected chi connectivity index (χ3v) is 0.540. The van der Waals surface area contributed by atoms with E-state index in [2.05, 4.69) is 4.94 Å². The van der Waals surface area contributed by atoms with E-state index in [0.29, 0.717) is 6.42 Å². The van der Waals surface area contributed by atoms with Crippen molar-refractivity contribution in [2.24, 2.45) is 0 Å². The van der Waals surface area contributed by atoms with Crippen molar-refractivity contribution in [1.82, 2.24) is 0 Å². The van der Waals surface area contributed by atoms with E-state index in [-0.39, 0.29) is 44.2 Å². The minimum atomic E-state index is -0.789. The van der Waals surface area contributed by atoms with Gasteiger partial charge in [0, 0.05) is 10.9 Å². The molecule has 0 aromatic heterocycles. The van der Waals surface area contributed by atoms with Crippen LogP contribution in [0.3, 0.4) is 0 Å². The fourth-order valence-electron chi connectivity index (χ4n) is 0.243. The van der Waals surface area contributed by atoms with Gasteiger partial charge in [-0.25, -0.2) is 4.79 Å². The van der Waals surface area contributed by atoms with E-state index < -0.39 is 5.97 Å². The van der Waals surface area contributed by atoms with Crippen LogP contribution >= 0.6 is 0 Å². The maximum atomic E-state index is 10.7. The molecule has 0 amide bonds. The first kappa shape index (κ1) is 11.5. The average Bonchev–Trinajstić information content (AvgIpc) is 1.68. The number of halogens is 1. The van der Waals surface area contributed by atoms with Crippen molar-refractivity contribution < 1.29 is 14.3 Å². The van der Waals surface area contributed by atoms with Crippen LogP contribution in [0.2, 0.25) is 0 Å². The molecule has 2 nitrogen and oxygen atoms in total. The predicted molar refractivity (Wildman–Crippen MR) is 30.7 cm³/mol. The first-order valence-electron chi connectivity index (χ1n) is 2.12. The number of carbonyl (C=O) groups is 1. The molecule has 0 saturated carbocycles. The zero-order valence-electron chi connectivity index (χ0n) is 4.11. The SMILES string of the molecule is CCCC(=O)OF.[CaH2]. The molecule has 0 radical (unpaired) electrons. The Morgan fingerprint density at radius 3 is 2.38 bits per heavy atom. The van der Waals surface area contributed by atoms with Gasteiger partial charge in [-0.2, -0.15) is 0 Å². The molecule has 0 unspecified atom stereocenters. The van der Waals surface area contributed by atoms with Gasteiger partial charge in [0.2, 0.25) is 0 Å². The van der Waals surface area contributed by atoms with Crippen molar-refractivity contribution in [2.75, 3.05) is 0 Å². The van der Waals surface area contributed by atoms with E-state index in [1.54, 1.807) is 6.92 Å². The predicted octanol–water partition coefficient (Wildman–Crippen LogP) is 0.298. The van der Waals surface area contributed by atoms with Crippen LogP contribution in [0.15, 0.2) is 0 Å². The van der Waals surface area contributed by atoms with Crippen molar-refractivity contribution in [2.45, 2.75) is 19.8 Å². The van der Waals surface area contributed by atoms with Crippen LogP contribution < -0.4 is 0 Å². The van der Waals surface area contributed by atoms with Crippen LogP contribution in [-0.2, 0) is 9.74 Å². The minimum absolute atomic E-state index is 0. The Labute approximate surface area is 77.3 Å². The summed E-state index contributed by atoms with van der Waals surface area (Å²) < 4.78 is 10.7. The average molecular weight is 148 g/mol. The summed E-state index contributed by atoms with van der Waals surface area (Å²) >= 11 is 0. The number of hydrogen-bond donors (Lipinski definition) is 0. The molecule has 0 aliphatic carbocycles. The molecule has 0 atom stereocenters. The summed E-state index contributed by atoms with van der Waals surface area (Å²) in [7, 11) is 0. The van der Waals surface area contributed by atoms with Gasteiger partial charge in [0.25, 0.3) is 0 Å². The second-order valence-electron chi connectivity index (χ2n) is 1.20.